The highest BCUT2D eigenvalue weighted by atomic mass is 32.2. The van der Waals surface area contributed by atoms with E-state index < -0.39 is 10.0 Å². The second kappa shape index (κ2) is 6.59. The third kappa shape index (κ3) is 3.30. The molecule has 1 aliphatic rings. The van der Waals surface area contributed by atoms with Crippen LogP contribution in [0.25, 0.3) is 10.9 Å². The van der Waals surface area contributed by atoms with Gasteiger partial charge in [0.1, 0.15) is 0 Å². The number of hydrogen-bond acceptors (Lipinski definition) is 4. The molecular formula is C18H20N4O2S. The van der Waals surface area contributed by atoms with Gasteiger partial charge >= 0.3 is 0 Å². The van der Waals surface area contributed by atoms with Crippen LogP contribution in [0.4, 0.5) is 0 Å². The van der Waals surface area contributed by atoms with Gasteiger partial charge in [-0.15, -0.1) is 0 Å². The van der Waals surface area contributed by atoms with Gasteiger partial charge in [0.15, 0.2) is 0 Å². The average molecular weight is 356 g/mol. The molecular weight excluding hydrogens is 336 g/mol. The Kier molecular flexibility index (Phi) is 4.29. The zero-order valence-electron chi connectivity index (χ0n) is 13.7. The Hall–Kier alpha value is -2.22. The predicted molar refractivity (Wildman–Crippen MR) is 96.5 cm³/mol. The third-order valence-electron chi connectivity index (χ3n) is 4.63. The van der Waals surface area contributed by atoms with Crippen LogP contribution in [0.1, 0.15) is 12.0 Å². The third-order valence-corrected chi connectivity index (χ3v) is 6.51. The summed E-state index contributed by atoms with van der Waals surface area (Å²) in [5, 5.41) is 11.6. The van der Waals surface area contributed by atoms with Gasteiger partial charge in [-0.05, 0) is 30.2 Å². The first-order chi connectivity index (χ1) is 12.1. The Morgan fingerprint density at radius 2 is 2.04 bits per heavy atom. The molecule has 0 amide bonds. The van der Waals surface area contributed by atoms with Crippen molar-refractivity contribution in [2.24, 2.45) is 0 Å². The van der Waals surface area contributed by atoms with E-state index in [1.807, 2.05) is 12.1 Å². The van der Waals surface area contributed by atoms with Crippen molar-refractivity contribution in [3.63, 3.8) is 0 Å². The maximum Gasteiger partial charge on any atom is 0.243 e. The quantitative estimate of drug-likeness (QED) is 0.734. The van der Waals surface area contributed by atoms with E-state index in [4.69, 9.17) is 0 Å². The molecule has 0 bridgehead atoms. The van der Waals surface area contributed by atoms with Crippen LogP contribution in [0.3, 0.4) is 0 Å². The number of H-pyrrole nitrogens is 1. The second-order valence-electron chi connectivity index (χ2n) is 6.33. The number of hydrogen-bond donors (Lipinski definition) is 2. The fourth-order valence-corrected chi connectivity index (χ4v) is 4.73. The Morgan fingerprint density at radius 3 is 2.88 bits per heavy atom. The molecule has 1 fully saturated rings. The molecule has 130 valence electrons. The van der Waals surface area contributed by atoms with Crippen LogP contribution in [-0.2, 0) is 16.6 Å². The van der Waals surface area contributed by atoms with E-state index in [0.717, 1.165) is 22.9 Å². The molecule has 3 aromatic rings. The topological polar surface area (TPSA) is 78.1 Å². The smallest absolute Gasteiger partial charge is 0.243 e. The molecule has 2 heterocycles. The standard InChI is InChI=1S/C18H20N4O2S/c23-25(24,17-4-2-1-3-5-17)22-9-8-16(13-22)19-11-14-6-7-15-12-20-21-18(15)10-14/h1-7,10,12,16,19H,8-9,11,13H2,(H,20,21)/t16-/m0/s1. The molecule has 2 N–H and O–H groups in total. The van der Waals surface area contributed by atoms with Crippen LogP contribution in [0, 0.1) is 0 Å². The second-order valence-corrected chi connectivity index (χ2v) is 8.27. The predicted octanol–water partition coefficient (Wildman–Crippen LogP) is 2.12. The summed E-state index contributed by atoms with van der Waals surface area (Å²) in [7, 11) is -3.40. The first kappa shape index (κ1) is 16.3. The normalized spacial score (nSPS) is 18.8. The molecule has 0 unspecified atom stereocenters. The summed E-state index contributed by atoms with van der Waals surface area (Å²) in [5.41, 5.74) is 2.17. The van der Waals surface area contributed by atoms with Crippen molar-refractivity contribution < 1.29 is 8.42 Å². The number of aromatic amines is 1. The molecule has 6 nitrogen and oxygen atoms in total. The van der Waals surface area contributed by atoms with Crippen molar-refractivity contribution in [1.82, 2.24) is 19.8 Å². The Balaban J connectivity index is 1.39. The molecule has 1 aliphatic heterocycles. The van der Waals surface area contributed by atoms with Crippen LogP contribution in [-0.4, -0.2) is 42.1 Å². The van der Waals surface area contributed by atoms with Crippen molar-refractivity contribution in [1.29, 1.82) is 0 Å². The number of rotatable bonds is 5. The number of sulfonamides is 1. The van der Waals surface area contributed by atoms with Gasteiger partial charge in [-0.1, -0.05) is 30.3 Å². The molecule has 25 heavy (non-hydrogen) atoms. The van der Waals surface area contributed by atoms with Crippen LogP contribution in [0.2, 0.25) is 0 Å². The van der Waals surface area contributed by atoms with Crippen molar-refractivity contribution in [2.75, 3.05) is 13.1 Å². The maximum absolute atomic E-state index is 12.7. The van der Waals surface area contributed by atoms with Crippen LogP contribution < -0.4 is 5.32 Å². The minimum absolute atomic E-state index is 0.163. The summed E-state index contributed by atoms with van der Waals surface area (Å²) in [6, 6.07) is 15.0. The minimum Gasteiger partial charge on any atom is -0.309 e. The van der Waals surface area contributed by atoms with E-state index in [-0.39, 0.29) is 6.04 Å². The number of nitrogens with one attached hydrogen (secondary N) is 2. The number of fused-ring (bicyclic) bond motifs is 1. The lowest BCUT2D eigenvalue weighted by Crippen LogP contribution is -2.34. The molecule has 2 aromatic carbocycles. The van der Waals surface area contributed by atoms with Gasteiger partial charge in [-0.25, -0.2) is 8.42 Å². The highest BCUT2D eigenvalue weighted by molar-refractivity contribution is 7.89. The number of nitrogens with zero attached hydrogens (tertiary/aromatic N) is 2. The molecule has 4 rings (SSSR count). The average Bonchev–Trinajstić information content (AvgIpc) is 3.30. The van der Waals surface area contributed by atoms with Crippen LogP contribution >= 0.6 is 0 Å². The Bertz CT molecular complexity index is 969. The lowest BCUT2D eigenvalue weighted by molar-refractivity contribution is 0.456. The first-order valence-corrected chi connectivity index (χ1v) is 9.77. The summed E-state index contributed by atoms with van der Waals surface area (Å²) >= 11 is 0. The lowest BCUT2D eigenvalue weighted by Gasteiger charge is -2.17. The summed E-state index contributed by atoms with van der Waals surface area (Å²) in [4.78, 5) is 0.361. The van der Waals surface area contributed by atoms with E-state index in [9.17, 15) is 8.42 Å². The maximum atomic E-state index is 12.7. The SMILES string of the molecule is O=S(=O)(c1ccccc1)N1CC[C@H](NCc2ccc3cn[nH]c3c2)C1. The van der Waals surface area contributed by atoms with Gasteiger partial charge in [0.05, 0.1) is 16.6 Å². The van der Waals surface area contributed by atoms with Crippen molar-refractivity contribution >= 4 is 20.9 Å². The number of aromatic nitrogens is 2. The highest BCUT2D eigenvalue weighted by Crippen LogP contribution is 2.21. The molecule has 7 heteroatoms. The zero-order valence-corrected chi connectivity index (χ0v) is 14.5. The minimum atomic E-state index is -3.40. The van der Waals surface area contributed by atoms with Gasteiger partial charge in [0.2, 0.25) is 10.0 Å². The molecule has 0 saturated carbocycles. The van der Waals surface area contributed by atoms with Crippen LogP contribution in [0.15, 0.2) is 59.6 Å². The van der Waals surface area contributed by atoms with Crippen molar-refractivity contribution in [3.05, 3.63) is 60.3 Å². The van der Waals surface area contributed by atoms with Crippen molar-refractivity contribution in [2.45, 2.75) is 23.9 Å². The molecule has 0 aliphatic carbocycles. The fraction of sp³-hybridized carbons (Fsp3) is 0.278. The summed E-state index contributed by atoms with van der Waals surface area (Å²) < 4.78 is 26.9. The molecule has 1 aromatic heterocycles. The zero-order chi connectivity index (χ0) is 17.3. The molecule has 0 radical (unpaired) electrons. The Labute approximate surface area is 146 Å². The van der Waals surface area contributed by atoms with Gasteiger partial charge in [-0.2, -0.15) is 9.40 Å². The summed E-state index contributed by atoms with van der Waals surface area (Å²) in [6.45, 7) is 1.76. The van der Waals surface area contributed by atoms with Crippen LogP contribution in [0.5, 0.6) is 0 Å². The molecule has 0 spiro atoms. The largest absolute Gasteiger partial charge is 0.309 e. The Morgan fingerprint density at radius 1 is 1.20 bits per heavy atom. The van der Waals surface area contributed by atoms with Gasteiger partial charge < -0.3 is 5.32 Å². The van der Waals surface area contributed by atoms with E-state index in [1.54, 1.807) is 34.8 Å². The monoisotopic (exact) mass is 356 g/mol. The van der Waals surface area contributed by atoms with Crippen molar-refractivity contribution in [3.8, 4) is 0 Å². The fourth-order valence-electron chi connectivity index (χ4n) is 3.21. The van der Waals surface area contributed by atoms with E-state index in [1.165, 1.54) is 0 Å². The van der Waals surface area contributed by atoms with Gasteiger partial charge in [0, 0.05) is 31.1 Å². The lowest BCUT2D eigenvalue weighted by atomic mass is 10.1. The summed E-state index contributed by atoms with van der Waals surface area (Å²) in [6.07, 6.45) is 2.62. The van der Waals surface area contributed by atoms with E-state index in [2.05, 4.69) is 27.6 Å². The highest BCUT2D eigenvalue weighted by Gasteiger charge is 2.32. The van der Waals surface area contributed by atoms with E-state index in [0.29, 0.717) is 24.5 Å². The van der Waals surface area contributed by atoms with Gasteiger partial charge in [0.25, 0.3) is 0 Å². The first-order valence-electron chi connectivity index (χ1n) is 8.33. The van der Waals surface area contributed by atoms with E-state index >= 15 is 0 Å². The van der Waals surface area contributed by atoms with Gasteiger partial charge in [-0.3, -0.25) is 5.10 Å². The number of benzene rings is 2. The molecule has 1 saturated heterocycles. The summed E-state index contributed by atoms with van der Waals surface area (Å²) in [5.74, 6) is 0. The molecule has 1 atom stereocenters.